The van der Waals surface area contributed by atoms with E-state index in [4.69, 9.17) is 4.74 Å². The van der Waals surface area contributed by atoms with Crippen LogP contribution in [0.15, 0.2) is 47.5 Å². The number of sulfonamides is 1. The van der Waals surface area contributed by atoms with Gasteiger partial charge in [-0.2, -0.15) is 0 Å². The summed E-state index contributed by atoms with van der Waals surface area (Å²) in [6, 6.07) is 10.4. The lowest BCUT2D eigenvalue weighted by Gasteiger charge is -2.15. The van der Waals surface area contributed by atoms with Crippen molar-refractivity contribution in [2.45, 2.75) is 38.5 Å². The number of benzene rings is 2. The van der Waals surface area contributed by atoms with E-state index >= 15 is 0 Å². The molecule has 28 heavy (non-hydrogen) atoms. The van der Waals surface area contributed by atoms with Gasteiger partial charge in [0.1, 0.15) is 10.6 Å². The summed E-state index contributed by atoms with van der Waals surface area (Å²) in [4.78, 5) is 0.104. The van der Waals surface area contributed by atoms with Gasteiger partial charge in [0, 0.05) is 0 Å². The number of anilines is 1. The van der Waals surface area contributed by atoms with Gasteiger partial charge in [0.2, 0.25) is 0 Å². The zero-order valence-corrected chi connectivity index (χ0v) is 17.4. The minimum atomic E-state index is -3.83. The molecule has 1 N–H and O–H groups in total. The second-order valence-corrected chi connectivity index (χ2v) is 8.62. The summed E-state index contributed by atoms with van der Waals surface area (Å²) in [5, 5.41) is 8.09. The molecule has 1 heterocycles. The van der Waals surface area contributed by atoms with E-state index in [9.17, 15) is 8.42 Å². The second-order valence-electron chi connectivity index (χ2n) is 6.97. The zero-order valence-electron chi connectivity index (χ0n) is 16.6. The lowest BCUT2D eigenvalue weighted by Crippen LogP contribution is -2.15. The zero-order chi connectivity index (χ0) is 20.5. The predicted octanol–water partition coefficient (Wildman–Crippen LogP) is 3.82. The topological polar surface area (TPSA) is 86.1 Å². The molecule has 3 rings (SSSR count). The highest BCUT2D eigenvalue weighted by atomic mass is 32.2. The smallest absolute Gasteiger partial charge is 0.265 e. The first-order valence-corrected chi connectivity index (χ1v) is 10.4. The first kappa shape index (κ1) is 19.9. The molecule has 2 aromatic carbocycles. The third-order valence-corrected chi connectivity index (χ3v) is 5.98. The summed E-state index contributed by atoms with van der Waals surface area (Å²) < 4.78 is 35.6. The van der Waals surface area contributed by atoms with Crippen molar-refractivity contribution < 1.29 is 13.2 Å². The molecule has 0 fully saturated rings. The number of hydrogen-bond donors (Lipinski definition) is 1. The largest absolute Gasteiger partial charge is 0.495 e. The highest BCUT2D eigenvalue weighted by Gasteiger charge is 2.21. The average molecular weight is 401 g/mol. The minimum absolute atomic E-state index is 0.104. The maximum atomic E-state index is 13.0. The van der Waals surface area contributed by atoms with Crippen molar-refractivity contribution in [3.8, 4) is 11.4 Å². The Morgan fingerprint density at radius 3 is 2.50 bits per heavy atom. The lowest BCUT2D eigenvalue weighted by molar-refractivity contribution is 0.402. The van der Waals surface area contributed by atoms with E-state index < -0.39 is 10.0 Å². The van der Waals surface area contributed by atoms with Crippen LogP contribution in [0.3, 0.4) is 0 Å². The first-order valence-electron chi connectivity index (χ1n) is 8.92. The van der Waals surface area contributed by atoms with Crippen LogP contribution in [0.1, 0.15) is 36.6 Å². The number of hydrogen-bond acceptors (Lipinski definition) is 5. The number of nitrogens with one attached hydrogen (secondary N) is 1. The monoisotopic (exact) mass is 400 g/mol. The van der Waals surface area contributed by atoms with E-state index in [0.717, 1.165) is 22.5 Å². The molecule has 0 saturated carbocycles. The Kier molecular flexibility index (Phi) is 5.42. The summed E-state index contributed by atoms with van der Waals surface area (Å²) in [5.74, 6) is 0.542. The van der Waals surface area contributed by atoms with Crippen LogP contribution in [0.25, 0.3) is 5.69 Å². The summed E-state index contributed by atoms with van der Waals surface area (Å²) >= 11 is 0. The Morgan fingerprint density at radius 1 is 1.11 bits per heavy atom. The Bertz CT molecular complexity index is 1100. The molecule has 7 nitrogen and oxygen atoms in total. The lowest BCUT2D eigenvalue weighted by atomic mass is 10.1. The van der Waals surface area contributed by atoms with E-state index in [1.165, 1.54) is 7.11 Å². The normalized spacial score (nSPS) is 11.6. The number of rotatable bonds is 6. The fourth-order valence-corrected chi connectivity index (χ4v) is 4.17. The Labute approximate surface area is 165 Å². The third kappa shape index (κ3) is 3.87. The van der Waals surface area contributed by atoms with Crippen molar-refractivity contribution in [2.24, 2.45) is 0 Å². The summed E-state index contributed by atoms with van der Waals surface area (Å²) in [5.41, 5.74) is 3.94. The van der Waals surface area contributed by atoms with E-state index in [-0.39, 0.29) is 10.8 Å². The van der Waals surface area contributed by atoms with Crippen LogP contribution in [0.5, 0.6) is 5.75 Å². The van der Waals surface area contributed by atoms with Crippen LogP contribution in [0.2, 0.25) is 0 Å². The number of methoxy groups -OCH3 is 1. The molecule has 1 aromatic heterocycles. The van der Waals surface area contributed by atoms with Gasteiger partial charge in [0.25, 0.3) is 10.0 Å². The summed E-state index contributed by atoms with van der Waals surface area (Å²) in [7, 11) is -2.37. The summed E-state index contributed by atoms with van der Waals surface area (Å²) in [6.07, 6.45) is 1.71. The number of aromatic nitrogens is 3. The molecule has 0 amide bonds. The molecule has 0 bridgehead atoms. The van der Waals surface area contributed by atoms with Gasteiger partial charge >= 0.3 is 0 Å². The maximum Gasteiger partial charge on any atom is 0.265 e. The predicted molar refractivity (Wildman–Crippen MR) is 109 cm³/mol. The Morgan fingerprint density at radius 2 is 1.82 bits per heavy atom. The molecule has 0 atom stereocenters. The molecule has 0 spiro atoms. The molecule has 0 aliphatic rings. The highest BCUT2D eigenvalue weighted by Crippen LogP contribution is 2.29. The third-order valence-electron chi connectivity index (χ3n) is 4.58. The molecule has 0 aliphatic carbocycles. The second kappa shape index (κ2) is 7.63. The van der Waals surface area contributed by atoms with E-state index in [1.807, 2.05) is 33.8 Å². The van der Waals surface area contributed by atoms with Crippen LogP contribution in [-0.2, 0) is 10.0 Å². The molecule has 0 aliphatic heterocycles. The average Bonchev–Trinajstić information content (AvgIpc) is 3.13. The quantitative estimate of drug-likeness (QED) is 0.680. The molecule has 0 radical (unpaired) electrons. The van der Waals surface area contributed by atoms with Crippen molar-refractivity contribution in [1.82, 2.24) is 15.0 Å². The SMILES string of the molecule is COc1cc(C)c(C)cc1S(=O)(=O)Nc1cccc(-n2nncc2C(C)C)c1. The van der Waals surface area contributed by atoms with Crippen LogP contribution >= 0.6 is 0 Å². The van der Waals surface area contributed by atoms with Gasteiger partial charge in [-0.15, -0.1) is 5.10 Å². The number of nitrogens with zero attached hydrogens (tertiary/aromatic N) is 3. The van der Waals surface area contributed by atoms with E-state index in [1.54, 1.807) is 41.2 Å². The van der Waals surface area contributed by atoms with Crippen LogP contribution in [0.4, 0.5) is 5.69 Å². The van der Waals surface area contributed by atoms with Gasteiger partial charge in [-0.1, -0.05) is 25.1 Å². The van der Waals surface area contributed by atoms with Crippen molar-refractivity contribution in [2.75, 3.05) is 11.8 Å². The fraction of sp³-hybridized carbons (Fsp3) is 0.300. The standard InChI is InChI=1S/C20H24N4O3S/c1-13(2)18-12-21-23-24(18)17-8-6-7-16(11-17)22-28(25,26)20-10-15(4)14(3)9-19(20)27-5/h6-13,22H,1-5H3. The van der Waals surface area contributed by atoms with E-state index in [2.05, 4.69) is 15.0 Å². The van der Waals surface area contributed by atoms with Crippen LogP contribution < -0.4 is 9.46 Å². The molecule has 0 saturated heterocycles. The Hall–Kier alpha value is -2.87. The van der Waals surface area contributed by atoms with Crippen LogP contribution in [0, 0.1) is 13.8 Å². The maximum absolute atomic E-state index is 13.0. The molecule has 0 unspecified atom stereocenters. The molecular weight excluding hydrogens is 376 g/mol. The first-order chi connectivity index (χ1) is 13.2. The number of ether oxygens (including phenoxy) is 1. The Balaban J connectivity index is 1.98. The van der Waals surface area contributed by atoms with Gasteiger partial charge in [0.05, 0.1) is 30.4 Å². The van der Waals surface area contributed by atoms with Crippen molar-refractivity contribution in [1.29, 1.82) is 0 Å². The molecule has 148 valence electrons. The molecular formula is C20H24N4O3S. The van der Waals surface area contributed by atoms with E-state index in [0.29, 0.717) is 11.4 Å². The van der Waals surface area contributed by atoms with Crippen LogP contribution in [-0.4, -0.2) is 30.5 Å². The summed E-state index contributed by atoms with van der Waals surface area (Å²) in [6.45, 7) is 7.88. The highest BCUT2D eigenvalue weighted by molar-refractivity contribution is 7.92. The molecule has 8 heteroatoms. The molecule has 3 aromatic rings. The van der Waals surface area contributed by atoms with Gasteiger partial charge in [0.15, 0.2) is 0 Å². The van der Waals surface area contributed by atoms with Crippen molar-refractivity contribution in [3.63, 3.8) is 0 Å². The van der Waals surface area contributed by atoms with Gasteiger partial charge in [-0.25, -0.2) is 13.1 Å². The van der Waals surface area contributed by atoms with Gasteiger partial charge < -0.3 is 4.74 Å². The van der Waals surface area contributed by atoms with Crippen molar-refractivity contribution >= 4 is 15.7 Å². The fourth-order valence-electron chi connectivity index (χ4n) is 2.88. The minimum Gasteiger partial charge on any atom is -0.495 e. The van der Waals surface area contributed by atoms with Gasteiger partial charge in [-0.05, 0) is 61.2 Å². The van der Waals surface area contributed by atoms with Crippen molar-refractivity contribution in [3.05, 3.63) is 59.4 Å². The number of aryl methyl sites for hydroxylation is 2. The van der Waals surface area contributed by atoms with Gasteiger partial charge in [-0.3, -0.25) is 4.72 Å².